The summed E-state index contributed by atoms with van der Waals surface area (Å²) >= 11 is 0. The van der Waals surface area contributed by atoms with Crippen LogP contribution in [0.3, 0.4) is 0 Å². The molecule has 1 aliphatic heterocycles. The van der Waals surface area contributed by atoms with Crippen LogP contribution in [0.15, 0.2) is 34.7 Å². The van der Waals surface area contributed by atoms with Crippen molar-refractivity contribution < 1.29 is 9.18 Å². The van der Waals surface area contributed by atoms with Crippen LogP contribution in [0, 0.1) is 5.82 Å². The Hall–Kier alpha value is -1.98. The van der Waals surface area contributed by atoms with Crippen LogP contribution in [0.25, 0.3) is 0 Å². The summed E-state index contributed by atoms with van der Waals surface area (Å²) in [5.41, 5.74) is 0.503. The highest BCUT2D eigenvalue weighted by Gasteiger charge is 2.21. The maximum Gasteiger partial charge on any atom is 0.366 e. The molecule has 1 aliphatic rings. The molecule has 0 bridgehead atoms. The van der Waals surface area contributed by atoms with Crippen molar-refractivity contribution in [2.24, 2.45) is 10.4 Å². The summed E-state index contributed by atoms with van der Waals surface area (Å²) in [5.74, 6) is -0.348. The van der Waals surface area contributed by atoms with Crippen molar-refractivity contribution >= 4 is 11.7 Å². The van der Waals surface area contributed by atoms with Crippen LogP contribution in [0.5, 0.6) is 0 Å². The summed E-state index contributed by atoms with van der Waals surface area (Å²) in [6, 6.07) is 4.97. The monoisotopic (exact) mass is 180 g/mol. The third-order valence-electron chi connectivity index (χ3n) is 1.46. The highest BCUT2D eigenvalue weighted by Crippen LogP contribution is 2.13. The van der Waals surface area contributed by atoms with Crippen LogP contribution in [-0.2, 0) is 0 Å². The maximum atomic E-state index is 12.4. The first kappa shape index (κ1) is 7.66. The first-order valence-corrected chi connectivity index (χ1v) is 3.54. The van der Waals surface area contributed by atoms with Gasteiger partial charge in [0.15, 0.2) is 0 Å². The molecule has 0 saturated heterocycles. The number of halogens is 1. The van der Waals surface area contributed by atoms with Gasteiger partial charge in [-0.25, -0.2) is 9.18 Å². The van der Waals surface area contributed by atoms with Crippen molar-refractivity contribution in [1.29, 1.82) is 0 Å². The molecule has 1 N–H and O–H groups in total. The Kier molecular flexibility index (Phi) is 1.66. The van der Waals surface area contributed by atoms with E-state index in [1.165, 1.54) is 24.3 Å². The Morgan fingerprint density at radius 1 is 1.31 bits per heavy atom. The zero-order valence-electron chi connectivity index (χ0n) is 6.44. The topological polar surface area (TPSA) is 56.8 Å². The number of hydrogen-bond acceptors (Lipinski definition) is 3. The number of urea groups is 1. The largest absolute Gasteiger partial charge is 0.366 e. The SMILES string of the molecule is O=C(Nc1ccc(F)cc1)N1N=N1. The standard InChI is InChI=1S/C7H5FN4O/c8-5-1-3-6(4-2-5)9-7(13)12-10-11-12/h1-4H,(H,9,13). The zero-order valence-corrected chi connectivity index (χ0v) is 6.44. The molecule has 0 radical (unpaired) electrons. The van der Waals surface area contributed by atoms with Crippen LogP contribution in [0.4, 0.5) is 14.9 Å². The summed E-state index contributed by atoms with van der Waals surface area (Å²) in [7, 11) is 0. The Balaban J connectivity index is 2.00. The number of carbonyl (C=O) groups is 1. The second-order valence-electron chi connectivity index (χ2n) is 2.41. The van der Waals surface area contributed by atoms with Gasteiger partial charge in [0, 0.05) is 5.69 Å². The molecule has 1 aromatic carbocycles. The molecule has 6 heteroatoms. The van der Waals surface area contributed by atoms with E-state index in [-0.39, 0.29) is 5.82 Å². The average Bonchev–Trinajstić information content (AvgIpc) is 2.91. The zero-order chi connectivity index (χ0) is 9.26. The van der Waals surface area contributed by atoms with E-state index in [1.807, 2.05) is 0 Å². The van der Waals surface area contributed by atoms with Gasteiger partial charge in [-0.2, -0.15) is 0 Å². The number of benzene rings is 1. The van der Waals surface area contributed by atoms with E-state index in [9.17, 15) is 9.18 Å². The minimum atomic E-state index is -0.452. The van der Waals surface area contributed by atoms with Gasteiger partial charge >= 0.3 is 6.03 Å². The first-order chi connectivity index (χ1) is 6.25. The minimum absolute atomic E-state index is 0.348. The van der Waals surface area contributed by atoms with Gasteiger partial charge in [0.25, 0.3) is 0 Å². The molecule has 13 heavy (non-hydrogen) atoms. The van der Waals surface area contributed by atoms with E-state index in [2.05, 4.69) is 15.8 Å². The molecule has 0 spiro atoms. The van der Waals surface area contributed by atoms with Gasteiger partial charge in [-0.3, -0.25) is 0 Å². The molecule has 1 heterocycles. The van der Waals surface area contributed by atoms with E-state index in [0.717, 1.165) is 5.12 Å². The molecule has 0 saturated carbocycles. The lowest BCUT2D eigenvalue weighted by atomic mass is 10.3. The summed E-state index contributed by atoms with van der Waals surface area (Å²) < 4.78 is 12.4. The Labute approximate surface area is 72.8 Å². The summed E-state index contributed by atoms with van der Waals surface area (Å²) in [4.78, 5) is 11.0. The van der Waals surface area contributed by atoms with Crippen LogP contribution >= 0.6 is 0 Å². The third-order valence-corrected chi connectivity index (χ3v) is 1.46. The predicted molar refractivity (Wildman–Crippen MR) is 42.1 cm³/mol. The number of amides is 2. The fourth-order valence-corrected chi connectivity index (χ4v) is 0.808. The molecule has 0 atom stereocenters. The number of rotatable bonds is 1. The van der Waals surface area contributed by atoms with Gasteiger partial charge in [0.05, 0.1) is 0 Å². The van der Waals surface area contributed by atoms with Gasteiger partial charge < -0.3 is 5.32 Å². The number of carbonyl (C=O) groups excluding carboxylic acids is 1. The molecular weight excluding hydrogens is 175 g/mol. The molecule has 0 unspecified atom stereocenters. The van der Waals surface area contributed by atoms with Gasteiger partial charge in [-0.15, -0.1) is 0 Å². The second-order valence-corrected chi connectivity index (χ2v) is 2.41. The molecule has 0 aliphatic carbocycles. The number of anilines is 1. The number of nitrogens with one attached hydrogen (secondary N) is 1. The minimum Gasteiger partial charge on any atom is -0.305 e. The maximum absolute atomic E-state index is 12.4. The quantitative estimate of drug-likeness (QED) is 0.705. The van der Waals surface area contributed by atoms with Crippen molar-refractivity contribution in [2.75, 3.05) is 5.32 Å². The lowest BCUT2D eigenvalue weighted by molar-refractivity contribution is 0.236. The molecule has 5 nitrogen and oxygen atoms in total. The lowest BCUT2D eigenvalue weighted by Gasteiger charge is -2.01. The molecule has 0 fully saturated rings. The Morgan fingerprint density at radius 3 is 2.46 bits per heavy atom. The average molecular weight is 180 g/mol. The highest BCUT2D eigenvalue weighted by atomic mass is 19.1. The van der Waals surface area contributed by atoms with E-state index < -0.39 is 6.03 Å². The smallest absolute Gasteiger partial charge is 0.305 e. The first-order valence-electron chi connectivity index (χ1n) is 3.54. The molecule has 0 aromatic heterocycles. The van der Waals surface area contributed by atoms with Gasteiger partial charge in [-0.05, 0) is 34.7 Å². The van der Waals surface area contributed by atoms with Crippen molar-refractivity contribution in [1.82, 2.24) is 5.12 Å². The number of nitrogens with zero attached hydrogens (tertiary/aromatic N) is 3. The van der Waals surface area contributed by atoms with Crippen molar-refractivity contribution in [3.8, 4) is 0 Å². The van der Waals surface area contributed by atoms with Crippen molar-refractivity contribution in [3.63, 3.8) is 0 Å². The third kappa shape index (κ3) is 1.78. The number of hydrogen-bond donors (Lipinski definition) is 1. The molecule has 2 amide bonds. The van der Waals surface area contributed by atoms with Gasteiger partial charge in [0.2, 0.25) is 0 Å². The van der Waals surface area contributed by atoms with Crippen molar-refractivity contribution in [3.05, 3.63) is 30.1 Å². The van der Waals surface area contributed by atoms with Crippen LogP contribution in [0.1, 0.15) is 0 Å². The van der Waals surface area contributed by atoms with Crippen LogP contribution in [0.2, 0.25) is 0 Å². The van der Waals surface area contributed by atoms with Crippen LogP contribution < -0.4 is 5.32 Å². The van der Waals surface area contributed by atoms with E-state index >= 15 is 0 Å². The van der Waals surface area contributed by atoms with Crippen molar-refractivity contribution in [2.45, 2.75) is 0 Å². The van der Waals surface area contributed by atoms with E-state index in [1.54, 1.807) is 0 Å². The Morgan fingerprint density at radius 2 is 1.92 bits per heavy atom. The second kappa shape index (κ2) is 2.81. The molecule has 66 valence electrons. The van der Waals surface area contributed by atoms with Crippen LogP contribution in [-0.4, -0.2) is 11.1 Å². The lowest BCUT2D eigenvalue weighted by Crippen LogP contribution is -2.17. The molecule has 2 rings (SSSR count). The Bertz CT molecular complexity index is 355. The van der Waals surface area contributed by atoms with E-state index in [0.29, 0.717) is 5.69 Å². The highest BCUT2D eigenvalue weighted by molar-refractivity contribution is 5.89. The predicted octanol–water partition coefficient (Wildman–Crippen LogP) is 1.96. The molecule has 1 aromatic rings. The normalized spacial score (nSPS) is 12.8. The summed E-state index contributed by atoms with van der Waals surface area (Å²) in [6.45, 7) is 0. The fourth-order valence-electron chi connectivity index (χ4n) is 0.808. The van der Waals surface area contributed by atoms with Gasteiger partial charge in [-0.1, -0.05) is 5.12 Å². The fraction of sp³-hybridized carbons (Fsp3) is 0. The summed E-state index contributed by atoms with van der Waals surface area (Å²) in [6.07, 6.45) is 0. The van der Waals surface area contributed by atoms with E-state index in [4.69, 9.17) is 0 Å². The summed E-state index contributed by atoms with van der Waals surface area (Å²) in [5, 5.41) is 9.95. The molecular formula is C7H5FN4O. The van der Waals surface area contributed by atoms with Gasteiger partial charge in [0.1, 0.15) is 5.82 Å².